The molecule has 0 amide bonds. The summed E-state index contributed by atoms with van der Waals surface area (Å²) in [5.74, 6) is 0.580. The molecule has 0 saturated carbocycles. The van der Waals surface area contributed by atoms with Gasteiger partial charge in [0.05, 0.1) is 12.7 Å². The van der Waals surface area contributed by atoms with Gasteiger partial charge in [0.15, 0.2) is 0 Å². The van der Waals surface area contributed by atoms with Gasteiger partial charge in [-0.25, -0.2) is 0 Å². The molecule has 0 spiro atoms. The van der Waals surface area contributed by atoms with Crippen LogP contribution >= 0.6 is 11.6 Å². The Balaban J connectivity index is 1.57. The Morgan fingerprint density at radius 2 is 2.27 bits per heavy atom. The van der Waals surface area contributed by atoms with Crippen molar-refractivity contribution in [2.75, 3.05) is 19.8 Å². The molecule has 0 radical (unpaired) electrons. The third-order valence-electron chi connectivity index (χ3n) is 3.63. The second-order valence-electron chi connectivity index (χ2n) is 5.53. The zero-order valence-electron chi connectivity index (χ0n) is 13.0. The van der Waals surface area contributed by atoms with Gasteiger partial charge in [-0.1, -0.05) is 11.6 Å². The summed E-state index contributed by atoms with van der Waals surface area (Å²) in [7, 11) is 0. The lowest BCUT2D eigenvalue weighted by atomic mass is 10.1. The van der Waals surface area contributed by atoms with Crippen LogP contribution in [-0.2, 0) is 14.3 Å². The highest BCUT2D eigenvalue weighted by atomic mass is 35.5. The lowest BCUT2D eigenvalue weighted by Crippen LogP contribution is -2.26. The zero-order valence-corrected chi connectivity index (χ0v) is 13.7. The van der Waals surface area contributed by atoms with Crippen molar-refractivity contribution in [1.29, 1.82) is 0 Å². The van der Waals surface area contributed by atoms with E-state index in [0.29, 0.717) is 26.1 Å². The summed E-state index contributed by atoms with van der Waals surface area (Å²) in [6, 6.07) is 5.53. The standard InChI is InChI=1S/C17H23ClO4/c1-13-11-14(7-8-16(13)18)20-10-4-6-17(19)22-12-15-5-2-3-9-21-15/h7-8,11,15H,2-6,9-10,12H2,1H3. The molecule has 1 aliphatic heterocycles. The van der Waals surface area contributed by atoms with Crippen molar-refractivity contribution in [1.82, 2.24) is 0 Å². The highest BCUT2D eigenvalue weighted by Gasteiger charge is 2.15. The van der Waals surface area contributed by atoms with Crippen LogP contribution in [0.2, 0.25) is 5.02 Å². The second-order valence-corrected chi connectivity index (χ2v) is 5.94. The van der Waals surface area contributed by atoms with Crippen LogP contribution in [0.4, 0.5) is 0 Å². The lowest BCUT2D eigenvalue weighted by molar-refractivity contribution is -0.149. The van der Waals surface area contributed by atoms with E-state index in [0.717, 1.165) is 42.2 Å². The molecule has 1 atom stereocenters. The van der Waals surface area contributed by atoms with Crippen molar-refractivity contribution in [2.45, 2.75) is 45.1 Å². The average Bonchev–Trinajstić information content (AvgIpc) is 2.54. The van der Waals surface area contributed by atoms with Crippen molar-refractivity contribution in [3.8, 4) is 5.75 Å². The molecule has 22 heavy (non-hydrogen) atoms. The maximum Gasteiger partial charge on any atom is 0.306 e. The first-order chi connectivity index (χ1) is 10.6. The van der Waals surface area contributed by atoms with E-state index in [9.17, 15) is 4.79 Å². The minimum Gasteiger partial charge on any atom is -0.494 e. The van der Waals surface area contributed by atoms with Gasteiger partial charge in [0.1, 0.15) is 12.4 Å². The van der Waals surface area contributed by atoms with Gasteiger partial charge in [0, 0.05) is 18.1 Å². The maximum absolute atomic E-state index is 11.6. The van der Waals surface area contributed by atoms with Crippen LogP contribution in [0.5, 0.6) is 5.75 Å². The van der Waals surface area contributed by atoms with Gasteiger partial charge >= 0.3 is 5.97 Å². The molecule has 122 valence electrons. The van der Waals surface area contributed by atoms with Crippen molar-refractivity contribution in [3.63, 3.8) is 0 Å². The highest BCUT2D eigenvalue weighted by molar-refractivity contribution is 6.31. The first-order valence-electron chi connectivity index (χ1n) is 7.81. The number of halogens is 1. The monoisotopic (exact) mass is 326 g/mol. The summed E-state index contributed by atoms with van der Waals surface area (Å²) in [5, 5.41) is 0.723. The molecular weight excluding hydrogens is 304 g/mol. The predicted molar refractivity (Wildman–Crippen MR) is 85.5 cm³/mol. The highest BCUT2D eigenvalue weighted by Crippen LogP contribution is 2.21. The number of ether oxygens (including phenoxy) is 3. The predicted octanol–water partition coefficient (Wildman–Crippen LogP) is 3.92. The number of hydrogen-bond acceptors (Lipinski definition) is 4. The number of aryl methyl sites for hydroxylation is 1. The minimum atomic E-state index is -0.190. The molecule has 1 saturated heterocycles. The molecule has 0 aliphatic carbocycles. The van der Waals surface area contributed by atoms with Crippen LogP contribution in [0.3, 0.4) is 0 Å². The summed E-state index contributed by atoms with van der Waals surface area (Å²) < 4.78 is 16.3. The Morgan fingerprint density at radius 1 is 1.41 bits per heavy atom. The Morgan fingerprint density at radius 3 is 3.00 bits per heavy atom. The smallest absolute Gasteiger partial charge is 0.306 e. The van der Waals surface area contributed by atoms with Crippen LogP contribution in [-0.4, -0.2) is 31.9 Å². The summed E-state index contributed by atoms with van der Waals surface area (Å²) in [5.41, 5.74) is 0.978. The largest absolute Gasteiger partial charge is 0.494 e. The number of carbonyl (C=O) groups is 1. The van der Waals surface area contributed by atoms with Crippen molar-refractivity contribution in [3.05, 3.63) is 28.8 Å². The third kappa shape index (κ3) is 5.85. The topological polar surface area (TPSA) is 44.8 Å². The molecule has 0 N–H and O–H groups in total. The minimum absolute atomic E-state index is 0.0750. The first kappa shape index (κ1) is 17.1. The van der Waals surface area contributed by atoms with E-state index in [1.807, 2.05) is 25.1 Å². The molecule has 1 unspecified atom stereocenters. The van der Waals surface area contributed by atoms with Gasteiger partial charge in [0.2, 0.25) is 0 Å². The third-order valence-corrected chi connectivity index (χ3v) is 4.05. The fraction of sp³-hybridized carbons (Fsp3) is 0.588. The molecule has 1 aromatic rings. The van der Waals surface area contributed by atoms with E-state index >= 15 is 0 Å². The molecule has 1 heterocycles. The van der Waals surface area contributed by atoms with Crippen LogP contribution in [0.25, 0.3) is 0 Å². The van der Waals surface area contributed by atoms with Gasteiger partial charge in [-0.05, 0) is 56.4 Å². The molecule has 1 aliphatic rings. The molecule has 0 bridgehead atoms. The molecule has 5 heteroatoms. The number of carbonyl (C=O) groups excluding carboxylic acids is 1. The van der Waals surface area contributed by atoms with Gasteiger partial charge in [0.25, 0.3) is 0 Å². The van der Waals surface area contributed by atoms with Crippen LogP contribution in [0.1, 0.15) is 37.7 Å². The van der Waals surface area contributed by atoms with E-state index in [1.165, 1.54) is 0 Å². The van der Waals surface area contributed by atoms with E-state index < -0.39 is 0 Å². The Labute approximate surface area is 136 Å². The van der Waals surface area contributed by atoms with E-state index in [2.05, 4.69) is 0 Å². The van der Waals surface area contributed by atoms with Crippen molar-refractivity contribution < 1.29 is 19.0 Å². The maximum atomic E-state index is 11.6. The van der Waals surface area contributed by atoms with Crippen LogP contribution in [0, 0.1) is 6.92 Å². The zero-order chi connectivity index (χ0) is 15.8. The molecule has 2 rings (SSSR count). The van der Waals surface area contributed by atoms with Crippen molar-refractivity contribution in [2.24, 2.45) is 0 Å². The van der Waals surface area contributed by atoms with Crippen molar-refractivity contribution >= 4 is 17.6 Å². The SMILES string of the molecule is Cc1cc(OCCCC(=O)OCC2CCCCO2)ccc1Cl. The number of hydrogen-bond donors (Lipinski definition) is 0. The molecular formula is C17H23ClO4. The van der Waals surface area contributed by atoms with E-state index in [1.54, 1.807) is 0 Å². The van der Waals surface area contributed by atoms with E-state index in [-0.39, 0.29) is 12.1 Å². The summed E-state index contributed by atoms with van der Waals surface area (Å²) in [4.78, 5) is 11.6. The molecule has 4 nitrogen and oxygen atoms in total. The van der Waals surface area contributed by atoms with Crippen LogP contribution < -0.4 is 4.74 Å². The van der Waals surface area contributed by atoms with Gasteiger partial charge < -0.3 is 14.2 Å². The second kappa shape index (κ2) is 9.01. The summed E-state index contributed by atoms with van der Waals surface area (Å²) in [6.45, 7) is 3.56. The fourth-order valence-corrected chi connectivity index (χ4v) is 2.43. The Kier molecular flexibility index (Phi) is 7.00. The number of benzene rings is 1. The Bertz CT molecular complexity index is 484. The van der Waals surface area contributed by atoms with Gasteiger partial charge in [-0.15, -0.1) is 0 Å². The molecule has 1 aromatic carbocycles. The first-order valence-corrected chi connectivity index (χ1v) is 8.19. The quantitative estimate of drug-likeness (QED) is 0.562. The van der Waals surface area contributed by atoms with Crippen LogP contribution in [0.15, 0.2) is 18.2 Å². The average molecular weight is 327 g/mol. The van der Waals surface area contributed by atoms with Gasteiger partial charge in [-0.2, -0.15) is 0 Å². The fourth-order valence-electron chi connectivity index (χ4n) is 2.31. The number of rotatable bonds is 7. The summed E-state index contributed by atoms with van der Waals surface area (Å²) in [6.07, 6.45) is 4.30. The van der Waals surface area contributed by atoms with Gasteiger partial charge in [-0.3, -0.25) is 4.79 Å². The number of esters is 1. The Hall–Kier alpha value is -1.26. The molecule has 1 fully saturated rings. The van der Waals surface area contributed by atoms with E-state index in [4.69, 9.17) is 25.8 Å². The summed E-state index contributed by atoms with van der Waals surface area (Å²) >= 11 is 5.96. The lowest BCUT2D eigenvalue weighted by Gasteiger charge is -2.22. The molecule has 0 aromatic heterocycles. The normalized spacial score (nSPS) is 18.0.